The zero-order chi connectivity index (χ0) is 21.4. The van der Waals surface area contributed by atoms with Gasteiger partial charge in [0.25, 0.3) is 0 Å². The number of hydrogen-bond acceptors (Lipinski definition) is 4. The molecule has 0 spiro atoms. The summed E-state index contributed by atoms with van der Waals surface area (Å²) in [5.74, 6) is 0.273. The molecular weight excluding hydrogens is 433 g/mol. The fraction of sp³-hybridized carbons (Fsp3) is 0.400. The third kappa shape index (κ3) is 5.41. The Morgan fingerprint density at radius 2 is 2.00 bits per heavy atom. The van der Waals surface area contributed by atoms with E-state index in [2.05, 4.69) is 10.4 Å². The summed E-state index contributed by atoms with van der Waals surface area (Å²) in [6.07, 6.45) is 3.45. The zero-order valence-electron chi connectivity index (χ0n) is 16.4. The van der Waals surface area contributed by atoms with Crippen LogP contribution < -0.4 is 5.32 Å². The highest BCUT2D eigenvalue weighted by Crippen LogP contribution is 2.31. The molecule has 1 atom stereocenters. The summed E-state index contributed by atoms with van der Waals surface area (Å²) in [6, 6.07) is 6.52. The van der Waals surface area contributed by atoms with Gasteiger partial charge in [-0.2, -0.15) is 5.10 Å². The molecule has 1 saturated heterocycles. The largest absolute Gasteiger partial charge is 0.307 e. The van der Waals surface area contributed by atoms with E-state index in [1.165, 1.54) is 6.08 Å². The molecular formula is C20H23Cl2N3O3S. The maximum Gasteiger partial charge on any atom is 0.249 e. The molecule has 1 aromatic heterocycles. The maximum atomic E-state index is 12.5. The van der Waals surface area contributed by atoms with Gasteiger partial charge in [0, 0.05) is 27.6 Å². The molecule has 6 nitrogen and oxygen atoms in total. The molecule has 3 rings (SSSR count). The molecule has 9 heteroatoms. The molecule has 2 aromatic rings. The molecule has 1 fully saturated rings. The second-order valence-electron chi connectivity index (χ2n) is 8.15. The summed E-state index contributed by atoms with van der Waals surface area (Å²) < 4.78 is 25.4. The average molecular weight is 456 g/mol. The number of sulfone groups is 1. The number of rotatable bonds is 4. The van der Waals surface area contributed by atoms with Crippen molar-refractivity contribution >= 4 is 50.8 Å². The van der Waals surface area contributed by atoms with E-state index in [1.54, 1.807) is 35.0 Å². The molecule has 156 valence electrons. The van der Waals surface area contributed by atoms with E-state index in [0.717, 1.165) is 5.69 Å². The summed E-state index contributed by atoms with van der Waals surface area (Å²) in [6.45, 7) is 6.04. The lowest BCUT2D eigenvalue weighted by Gasteiger charge is -2.15. The Bertz CT molecular complexity index is 1070. The van der Waals surface area contributed by atoms with E-state index in [1.807, 2.05) is 20.8 Å². The SMILES string of the molecule is CC(C)(C)c1cc(NC(=O)/C=C/c2ccc(Cl)cc2Cl)n([C@@H]2CCS(=O)(=O)C2)n1. The number of nitrogens with zero attached hydrogens (tertiary/aromatic N) is 2. The van der Waals surface area contributed by atoms with Gasteiger partial charge in [0.15, 0.2) is 9.84 Å². The van der Waals surface area contributed by atoms with Crippen LogP contribution in [0.5, 0.6) is 0 Å². The Kier molecular flexibility index (Phi) is 6.13. The maximum absolute atomic E-state index is 12.5. The van der Waals surface area contributed by atoms with Crippen molar-refractivity contribution in [1.82, 2.24) is 9.78 Å². The van der Waals surface area contributed by atoms with Gasteiger partial charge in [-0.05, 0) is 30.2 Å². The van der Waals surface area contributed by atoms with Crippen LogP contribution in [-0.4, -0.2) is 35.6 Å². The van der Waals surface area contributed by atoms with E-state index in [4.69, 9.17) is 23.2 Å². The van der Waals surface area contributed by atoms with Crippen LogP contribution in [0.1, 0.15) is 44.5 Å². The van der Waals surface area contributed by atoms with E-state index < -0.39 is 9.84 Å². The van der Waals surface area contributed by atoms with Gasteiger partial charge in [-0.15, -0.1) is 0 Å². The van der Waals surface area contributed by atoms with Crippen LogP contribution in [0.4, 0.5) is 5.82 Å². The first kappa shape index (κ1) is 21.9. The summed E-state index contributed by atoms with van der Waals surface area (Å²) in [4.78, 5) is 12.5. The summed E-state index contributed by atoms with van der Waals surface area (Å²) in [5, 5.41) is 8.38. The molecule has 0 bridgehead atoms. The van der Waals surface area contributed by atoms with Crippen molar-refractivity contribution in [2.45, 2.75) is 38.6 Å². The molecule has 0 aliphatic carbocycles. The summed E-state index contributed by atoms with van der Waals surface area (Å²) >= 11 is 12.0. The Balaban J connectivity index is 1.84. The Labute approximate surface area is 180 Å². The van der Waals surface area contributed by atoms with Gasteiger partial charge < -0.3 is 5.32 Å². The van der Waals surface area contributed by atoms with E-state index in [9.17, 15) is 13.2 Å². The van der Waals surface area contributed by atoms with E-state index in [0.29, 0.717) is 27.8 Å². The topological polar surface area (TPSA) is 81.1 Å². The first-order valence-corrected chi connectivity index (χ1v) is 11.8. The minimum atomic E-state index is -3.08. The molecule has 1 aromatic carbocycles. The van der Waals surface area contributed by atoms with Crippen molar-refractivity contribution in [3.63, 3.8) is 0 Å². The Hall–Kier alpha value is -1.83. The number of benzene rings is 1. The van der Waals surface area contributed by atoms with Crippen molar-refractivity contribution in [2.75, 3.05) is 16.8 Å². The highest BCUT2D eigenvalue weighted by atomic mass is 35.5. The van der Waals surface area contributed by atoms with Crippen LogP contribution in [0.2, 0.25) is 10.0 Å². The third-order valence-electron chi connectivity index (χ3n) is 4.69. The lowest BCUT2D eigenvalue weighted by Crippen LogP contribution is -2.19. The van der Waals surface area contributed by atoms with Gasteiger partial charge in [0.05, 0.1) is 23.2 Å². The molecule has 1 aliphatic heterocycles. The summed E-state index contributed by atoms with van der Waals surface area (Å²) in [5.41, 5.74) is 1.20. The smallest absolute Gasteiger partial charge is 0.249 e. The second kappa shape index (κ2) is 8.13. The number of nitrogens with one attached hydrogen (secondary N) is 1. The number of carbonyl (C=O) groups is 1. The Morgan fingerprint density at radius 3 is 2.59 bits per heavy atom. The van der Waals surface area contributed by atoms with Crippen molar-refractivity contribution in [3.8, 4) is 0 Å². The van der Waals surface area contributed by atoms with Crippen molar-refractivity contribution in [2.24, 2.45) is 0 Å². The normalized spacial score (nSPS) is 19.0. The molecule has 1 aliphatic rings. The van der Waals surface area contributed by atoms with E-state index in [-0.39, 0.29) is 28.9 Å². The average Bonchev–Trinajstić information content (AvgIpc) is 3.17. The lowest BCUT2D eigenvalue weighted by atomic mass is 9.92. The second-order valence-corrected chi connectivity index (χ2v) is 11.2. The van der Waals surface area contributed by atoms with Crippen LogP contribution >= 0.6 is 23.2 Å². The first-order chi connectivity index (χ1) is 13.4. The fourth-order valence-corrected chi connectivity index (χ4v) is 5.23. The highest BCUT2D eigenvalue weighted by molar-refractivity contribution is 7.91. The quantitative estimate of drug-likeness (QED) is 0.687. The number of aromatic nitrogens is 2. The first-order valence-electron chi connectivity index (χ1n) is 9.19. The molecule has 2 heterocycles. The van der Waals surface area contributed by atoms with Crippen LogP contribution in [0.15, 0.2) is 30.3 Å². The minimum Gasteiger partial charge on any atom is -0.307 e. The molecule has 0 saturated carbocycles. The van der Waals surface area contributed by atoms with Gasteiger partial charge in [-0.1, -0.05) is 50.0 Å². The van der Waals surface area contributed by atoms with Gasteiger partial charge in [0.2, 0.25) is 5.91 Å². The van der Waals surface area contributed by atoms with Crippen molar-refractivity contribution in [3.05, 3.63) is 51.6 Å². The van der Waals surface area contributed by atoms with Gasteiger partial charge >= 0.3 is 0 Å². The van der Waals surface area contributed by atoms with Gasteiger partial charge in [-0.25, -0.2) is 13.1 Å². The number of hydrogen-bond donors (Lipinski definition) is 1. The predicted molar refractivity (Wildman–Crippen MR) is 117 cm³/mol. The Morgan fingerprint density at radius 1 is 1.28 bits per heavy atom. The van der Waals surface area contributed by atoms with Gasteiger partial charge in [0.1, 0.15) is 5.82 Å². The summed E-state index contributed by atoms with van der Waals surface area (Å²) in [7, 11) is -3.08. The number of carbonyl (C=O) groups excluding carboxylic acids is 1. The minimum absolute atomic E-state index is 0.0252. The van der Waals surface area contributed by atoms with E-state index >= 15 is 0 Å². The third-order valence-corrected chi connectivity index (χ3v) is 7.00. The van der Waals surface area contributed by atoms with Crippen molar-refractivity contribution in [1.29, 1.82) is 0 Å². The number of anilines is 1. The van der Waals surface area contributed by atoms with Gasteiger partial charge in [-0.3, -0.25) is 4.79 Å². The van der Waals surface area contributed by atoms with Crippen LogP contribution in [0.3, 0.4) is 0 Å². The molecule has 29 heavy (non-hydrogen) atoms. The van der Waals surface area contributed by atoms with Crippen LogP contribution in [0, 0.1) is 0 Å². The van der Waals surface area contributed by atoms with Crippen LogP contribution in [0.25, 0.3) is 6.08 Å². The molecule has 0 radical (unpaired) electrons. The number of halogens is 2. The molecule has 1 amide bonds. The van der Waals surface area contributed by atoms with Crippen molar-refractivity contribution < 1.29 is 13.2 Å². The molecule has 1 N–H and O–H groups in total. The standard InChI is InChI=1S/C20H23Cl2N3O3S/c1-20(2,3)17-11-18(25(24-17)15-8-9-29(27,28)12-15)23-19(26)7-5-13-4-6-14(21)10-16(13)22/h4-7,10-11,15H,8-9,12H2,1-3H3,(H,23,26)/b7-5+/t15-/m1/s1. The lowest BCUT2D eigenvalue weighted by molar-refractivity contribution is -0.111. The highest BCUT2D eigenvalue weighted by Gasteiger charge is 2.32. The fourth-order valence-electron chi connectivity index (χ4n) is 3.07. The monoisotopic (exact) mass is 455 g/mol. The zero-order valence-corrected chi connectivity index (χ0v) is 18.8. The number of amides is 1. The molecule has 0 unspecified atom stereocenters. The predicted octanol–water partition coefficient (Wildman–Crippen LogP) is 4.50. The van der Waals surface area contributed by atoms with Crippen LogP contribution in [-0.2, 0) is 20.0 Å².